The van der Waals surface area contributed by atoms with Gasteiger partial charge in [-0.15, -0.1) is 0 Å². The van der Waals surface area contributed by atoms with Crippen LogP contribution in [0.3, 0.4) is 0 Å². The van der Waals surface area contributed by atoms with Crippen molar-refractivity contribution in [1.82, 2.24) is 14.8 Å². The molecule has 2 aliphatic rings. The number of rotatable bonds is 6. The predicted octanol–water partition coefficient (Wildman–Crippen LogP) is 3.28. The standard InChI is InChI=1S/C29H29N3O5/c1-36-25-12-11-19(15-26(25)37-2)14-23(30-28(34)21-7-4-3-5-8-21)29(35)31-16-20-13-22(18-31)24-9-6-10-27(33)32(24)17-20/h3-12,14-15,20,22H,13,16-18H2,1-2H3,(H,30,34)/b23-14-/t20-,22+/m1/s1. The fourth-order valence-electron chi connectivity index (χ4n) is 5.28. The van der Waals surface area contributed by atoms with Gasteiger partial charge < -0.3 is 24.3 Å². The number of methoxy groups -OCH3 is 2. The summed E-state index contributed by atoms with van der Waals surface area (Å²) in [5, 5.41) is 2.84. The van der Waals surface area contributed by atoms with Crippen molar-refractivity contribution in [2.24, 2.45) is 5.92 Å². The van der Waals surface area contributed by atoms with E-state index >= 15 is 0 Å². The van der Waals surface area contributed by atoms with Crippen LogP contribution in [0.5, 0.6) is 11.5 Å². The van der Waals surface area contributed by atoms with Gasteiger partial charge in [-0.2, -0.15) is 0 Å². The topological polar surface area (TPSA) is 89.9 Å². The second-order valence-corrected chi connectivity index (χ2v) is 9.40. The molecule has 5 rings (SSSR count). The molecule has 0 unspecified atom stereocenters. The predicted molar refractivity (Wildman–Crippen MR) is 140 cm³/mol. The molecule has 37 heavy (non-hydrogen) atoms. The summed E-state index contributed by atoms with van der Waals surface area (Å²) in [6.07, 6.45) is 2.59. The maximum Gasteiger partial charge on any atom is 0.270 e. The number of benzene rings is 2. The van der Waals surface area contributed by atoms with Gasteiger partial charge in [0.15, 0.2) is 11.5 Å². The second-order valence-electron chi connectivity index (χ2n) is 9.40. The lowest BCUT2D eigenvalue weighted by molar-refractivity contribution is -0.130. The molecule has 1 fully saturated rings. The number of hydrogen-bond acceptors (Lipinski definition) is 5. The number of likely N-dealkylation sites (tertiary alicyclic amines) is 1. The number of carbonyl (C=O) groups is 2. The highest BCUT2D eigenvalue weighted by molar-refractivity contribution is 6.05. The molecular formula is C29H29N3O5. The molecule has 0 saturated carbocycles. The fourth-order valence-corrected chi connectivity index (χ4v) is 5.28. The van der Waals surface area contributed by atoms with Gasteiger partial charge in [-0.1, -0.05) is 30.3 Å². The van der Waals surface area contributed by atoms with Crippen LogP contribution in [0, 0.1) is 5.92 Å². The molecule has 190 valence electrons. The van der Waals surface area contributed by atoms with Gasteiger partial charge in [0.2, 0.25) is 0 Å². The fraction of sp³-hybridized carbons (Fsp3) is 0.276. The van der Waals surface area contributed by atoms with Gasteiger partial charge in [0.1, 0.15) is 5.70 Å². The third-order valence-electron chi connectivity index (χ3n) is 7.00. The molecule has 3 heterocycles. The van der Waals surface area contributed by atoms with Crippen LogP contribution in [0.25, 0.3) is 6.08 Å². The molecule has 0 spiro atoms. The number of piperidine rings is 1. The molecule has 3 aromatic rings. The number of nitrogens with one attached hydrogen (secondary N) is 1. The van der Waals surface area contributed by atoms with Gasteiger partial charge in [0.05, 0.1) is 14.2 Å². The number of hydrogen-bond donors (Lipinski definition) is 1. The highest BCUT2D eigenvalue weighted by atomic mass is 16.5. The molecule has 2 atom stereocenters. The zero-order valence-corrected chi connectivity index (χ0v) is 20.8. The Morgan fingerprint density at radius 1 is 0.919 bits per heavy atom. The van der Waals surface area contributed by atoms with E-state index in [4.69, 9.17) is 9.47 Å². The van der Waals surface area contributed by atoms with E-state index in [0.717, 1.165) is 12.1 Å². The van der Waals surface area contributed by atoms with E-state index in [2.05, 4.69) is 5.32 Å². The van der Waals surface area contributed by atoms with Crippen LogP contribution < -0.4 is 20.3 Å². The van der Waals surface area contributed by atoms with Gasteiger partial charge in [0, 0.05) is 42.9 Å². The van der Waals surface area contributed by atoms with Crippen molar-refractivity contribution in [1.29, 1.82) is 0 Å². The van der Waals surface area contributed by atoms with E-state index in [1.165, 1.54) is 0 Å². The van der Waals surface area contributed by atoms with Gasteiger partial charge in [-0.3, -0.25) is 14.4 Å². The van der Waals surface area contributed by atoms with Crippen molar-refractivity contribution in [3.63, 3.8) is 0 Å². The summed E-state index contributed by atoms with van der Waals surface area (Å²) in [6.45, 7) is 1.57. The Morgan fingerprint density at radius 2 is 1.70 bits per heavy atom. The molecule has 0 aliphatic carbocycles. The summed E-state index contributed by atoms with van der Waals surface area (Å²) in [5.74, 6) is 0.695. The molecule has 0 radical (unpaired) electrons. The lowest BCUT2D eigenvalue weighted by Crippen LogP contribution is -2.50. The summed E-state index contributed by atoms with van der Waals surface area (Å²) < 4.78 is 12.6. The van der Waals surface area contributed by atoms with Crippen molar-refractivity contribution in [2.45, 2.75) is 18.9 Å². The van der Waals surface area contributed by atoms with Crippen LogP contribution in [0.15, 0.2) is 77.2 Å². The highest BCUT2D eigenvalue weighted by Gasteiger charge is 2.37. The van der Waals surface area contributed by atoms with Crippen molar-refractivity contribution < 1.29 is 19.1 Å². The second kappa shape index (κ2) is 10.3. The first-order chi connectivity index (χ1) is 18.0. The number of fused-ring (bicyclic) bond motifs is 4. The van der Waals surface area contributed by atoms with E-state index in [-0.39, 0.29) is 34.9 Å². The Bertz CT molecular complexity index is 1410. The molecule has 8 heteroatoms. The largest absolute Gasteiger partial charge is 0.493 e. The maximum absolute atomic E-state index is 13.9. The van der Waals surface area contributed by atoms with Crippen LogP contribution >= 0.6 is 0 Å². The highest BCUT2D eigenvalue weighted by Crippen LogP contribution is 2.35. The van der Waals surface area contributed by atoms with Crippen LogP contribution in [0.1, 0.15) is 34.0 Å². The lowest BCUT2D eigenvalue weighted by Gasteiger charge is -2.43. The zero-order chi connectivity index (χ0) is 25.9. The molecule has 2 bridgehead atoms. The van der Waals surface area contributed by atoms with E-state index in [0.29, 0.717) is 42.3 Å². The first kappa shape index (κ1) is 24.4. The van der Waals surface area contributed by atoms with Crippen LogP contribution in [-0.4, -0.2) is 48.6 Å². The Balaban J connectivity index is 1.47. The normalized spacial score (nSPS) is 18.5. The van der Waals surface area contributed by atoms with Gasteiger partial charge >= 0.3 is 0 Å². The Kier molecular flexibility index (Phi) is 6.81. The summed E-state index contributed by atoms with van der Waals surface area (Å²) in [5.41, 5.74) is 2.27. The average Bonchev–Trinajstić information content (AvgIpc) is 2.93. The monoisotopic (exact) mass is 499 g/mol. The molecule has 2 aliphatic heterocycles. The number of amides is 2. The number of nitrogens with zero attached hydrogens (tertiary/aromatic N) is 2. The Morgan fingerprint density at radius 3 is 2.46 bits per heavy atom. The SMILES string of the molecule is COc1ccc(/C=C(\NC(=O)c2ccccc2)C(=O)N2C[C@H]3C[C@@H](C2)c2cccc(=O)n2C3)cc1OC. The zero-order valence-electron chi connectivity index (χ0n) is 20.8. The Labute approximate surface area is 215 Å². The van der Waals surface area contributed by atoms with E-state index in [1.54, 1.807) is 79.8 Å². The van der Waals surface area contributed by atoms with Crippen molar-refractivity contribution >= 4 is 17.9 Å². The number of aromatic nitrogens is 1. The van der Waals surface area contributed by atoms with E-state index in [9.17, 15) is 14.4 Å². The summed E-state index contributed by atoms with van der Waals surface area (Å²) in [6, 6.07) is 19.4. The van der Waals surface area contributed by atoms with E-state index < -0.39 is 0 Å². The van der Waals surface area contributed by atoms with Gasteiger partial charge in [0.25, 0.3) is 17.4 Å². The van der Waals surface area contributed by atoms with Crippen LogP contribution in [0.2, 0.25) is 0 Å². The quantitative estimate of drug-likeness (QED) is 0.526. The molecule has 1 aromatic heterocycles. The Hall–Kier alpha value is -4.33. The molecule has 8 nitrogen and oxygen atoms in total. The molecule has 2 amide bonds. The first-order valence-electron chi connectivity index (χ1n) is 12.3. The molecule has 1 N–H and O–H groups in total. The van der Waals surface area contributed by atoms with Crippen molar-refractivity contribution in [3.05, 3.63) is 99.6 Å². The molecule has 1 saturated heterocycles. The van der Waals surface area contributed by atoms with Gasteiger partial charge in [-0.25, -0.2) is 0 Å². The van der Waals surface area contributed by atoms with Crippen molar-refractivity contribution in [3.8, 4) is 11.5 Å². The number of pyridine rings is 1. The molecule has 2 aromatic carbocycles. The maximum atomic E-state index is 13.9. The smallest absolute Gasteiger partial charge is 0.270 e. The lowest BCUT2D eigenvalue weighted by atomic mass is 9.83. The number of carbonyl (C=O) groups excluding carboxylic acids is 2. The summed E-state index contributed by atoms with van der Waals surface area (Å²) in [7, 11) is 3.10. The van der Waals surface area contributed by atoms with Crippen molar-refractivity contribution in [2.75, 3.05) is 27.3 Å². The minimum Gasteiger partial charge on any atom is -0.493 e. The summed E-state index contributed by atoms with van der Waals surface area (Å²) >= 11 is 0. The molecular weight excluding hydrogens is 470 g/mol. The van der Waals surface area contributed by atoms with Crippen LogP contribution in [0.4, 0.5) is 0 Å². The first-order valence-corrected chi connectivity index (χ1v) is 12.3. The average molecular weight is 500 g/mol. The summed E-state index contributed by atoms with van der Waals surface area (Å²) in [4.78, 5) is 41.1. The third-order valence-corrected chi connectivity index (χ3v) is 7.00. The third kappa shape index (κ3) is 5.00. The number of ether oxygens (including phenoxy) is 2. The van der Waals surface area contributed by atoms with Crippen LogP contribution in [-0.2, 0) is 11.3 Å². The minimum absolute atomic E-state index is 0.00358. The van der Waals surface area contributed by atoms with E-state index in [1.807, 2.05) is 16.7 Å². The minimum atomic E-state index is -0.366. The van der Waals surface area contributed by atoms with Gasteiger partial charge in [-0.05, 0) is 54.3 Å².